The Morgan fingerprint density at radius 3 is 0.750 bits per heavy atom. The molecule has 0 aromatic carbocycles. The van der Waals surface area contributed by atoms with Crippen molar-refractivity contribution in [2.24, 2.45) is 0 Å². The minimum Gasteiger partial charge on any atom is -2.00 e. The molecule has 0 rings (SSSR count). The van der Waals surface area contributed by atoms with E-state index in [1.807, 2.05) is 0 Å². The molecule has 4 heavy (non-hydrogen) atoms. The van der Waals surface area contributed by atoms with Gasteiger partial charge in [-0.2, -0.15) is 0 Å². The standard InChI is InChI=1S/Li.2O.Sn.H/q;2*-2;+4;. The van der Waals surface area contributed by atoms with Gasteiger partial charge in [0.15, 0.2) is 0 Å². The Morgan fingerprint density at radius 2 is 0.750 bits per heavy atom. The summed E-state index contributed by atoms with van der Waals surface area (Å²) in [5.41, 5.74) is 0. The van der Waals surface area contributed by atoms with Crippen LogP contribution in [0.15, 0.2) is 0 Å². The Bertz CT molecular complexity index is 6.00. The van der Waals surface area contributed by atoms with E-state index in [4.69, 9.17) is 0 Å². The molecule has 0 saturated carbocycles. The van der Waals surface area contributed by atoms with Crippen molar-refractivity contribution in [1.29, 1.82) is 0 Å². The molecule has 0 aliphatic rings. The second-order valence-electron chi connectivity index (χ2n) is 0. The van der Waals surface area contributed by atoms with Gasteiger partial charge in [0.05, 0.1) is 0 Å². The third kappa shape index (κ3) is 10.3. The van der Waals surface area contributed by atoms with Gasteiger partial charge in [0.25, 0.3) is 0 Å². The molecule has 0 bridgehead atoms. The van der Waals surface area contributed by atoms with Gasteiger partial charge < -0.3 is 11.0 Å². The van der Waals surface area contributed by atoms with Gasteiger partial charge in [0.1, 0.15) is 0 Å². The third-order valence-corrected chi connectivity index (χ3v) is 0. The molecule has 0 radical (unpaired) electrons. The fourth-order valence-corrected chi connectivity index (χ4v) is 0. The number of hydrogen-bond donors (Lipinski definition) is 0. The van der Waals surface area contributed by atoms with E-state index in [9.17, 15) is 0 Å². The van der Waals surface area contributed by atoms with Gasteiger partial charge in [-0.25, -0.2) is 0 Å². The predicted molar refractivity (Wildman–Crippen MR) is 14.3 cm³/mol. The molecular weight excluding hydrogens is 158 g/mol. The largest absolute Gasteiger partial charge is 4.00 e. The molecule has 0 aromatic heterocycles. The fraction of sp³-hybridized carbons (Fsp3) is 0. The molecule has 0 N–H and O–H groups in total. The van der Waals surface area contributed by atoms with E-state index in [0.717, 1.165) is 0 Å². The zero-order valence-corrected chi connectivity index (χ0v) is 4.17. The van der Waals surface area contributed by atoms with Crippen molar-refractivity contribution in [3.05, 3.63) is 0 Å². The average Bonchev–Trinajstić information content (AvgIpc) is 0. The Morgan fingerprint density at radius 1 is 0.750 bits per heavy atom. The van der Waals surface area contributed by atoms with Gasteiger partial charge in [-0.15, -0.1) is 0 Å². The summed E-state index contributed by atoms with van der Waals surface area (Å²) in [6, 6.07) is 0. The van der Waals surface area contributed by atoms with Crippen LogP contribution in [0.5, 0.6) is 0 Å². The second-order valence-corrected chi connectivity index (χ2v) is 0. The van der Waals surface area contributed by atoms with Crippen LogP contribution >= 0.6 is 0 Å². The van der Waals surface area contributed by atoms with Crippen molar-refractivity contribution >= 4 is 42.8 Å². The van der Waals surface area contributed by atoms with Crippen LogP contribution in [0.2, 0.25) is 0 Å². The van der Waals surface area contributed by atoms with Crippen molar-refractivity contribution in [3.63, 3.8) is 0 Å². The first kappa shape index (κ1) is 57.2. The van der Waals surface area contributed by atoms with Crippen LogP contribution in [0.1, 0.15) is 0 Å². The van der Waals surface area contributed by atoms with Gasteiger partial charge in [-0.1, -0.05) is 0 Å². The molecule has 0 fully saturated rings. The summed E-state index contributed by atoms with van der Waals surface area (Å²) < 4.78 is 0. The van der Waals surface area contributed by atoms with E-state index in [-0.39, 0.29) is 53.7 Å². The minimum atomic E-state index is 0. The average molecular weight is 159 g/mol. The first-order valence-corrected chi connectivity index (χ1v) is 0. The van der Waals surface area contributed by atoms with E-state index < -0.39 is 0 Å². The SMILES string of the molecule is [LiH].[O-2].[O-2].[Sn+4]. The van der Waals surface area contributed by atoms with Crippen LogP contribution in [0.25, 0.3) is 0 Å². The maximum Gasteiger partial charge on any atom is 4.00 e. The molecule has 0 aromatic rings. The van der Waals surface area contributed by atoms with Gasteiger partial charge in [-0.05, 0) is 0 Å². The minimum absolute atomic E-state index is 0. The van der Waals surface area contributed by atoms with Crippen LogP contribution in [-0.2, 0) is 11.0 Å². The topological polar surface area (TPSA) is 57.0 Å². The molecule has 0 aliphatic carbocycles. The Kier molecular flexibility index (Phi) is 392. The third-order valence-electron chi connectivity index (χ3n) is 0. The number of rotatable bonds is 0. The summed E-state index contributed by atoms with van der Waals surface area (Å²) in [6.45, 7) is 0. The van der Waals surface area contributed by atoms with Crippen LogP contribution < -0.4 is 0 Å². The van der Waals surface area contributed by atoms with E-state index in [0.29, 0.717) is 0 Å². The molecule has 4 heteroatoms. The Balaban J connectivity index is 0. The maximum absolute atomic E-state index is 0. The summed E-state index contributed by atoms with van der Waals surface area (Å²) in [7, 11) is 0. The quantitative estimate of drug-likeness (QED) is 0.395. The van der Waals surface area contributed by atoms with Crippen LogP contribution in [0.4, 0.5) is 0 Å². The van der Waals surface area contributed by atoms with Gasteiger partial charge in [0, 0.05) is 0 Å². The molecule has 0 heterocycles. The first-order valence-electron chi connectivity index (χ1n) is 0. The van der Waals surface area contributed by atoms with Crippen molar-refractivity contribution in [3.8, 4) is 0 Å². The molecule has 18 valence electrons. The summed E-state index contributed by atoms with van der Waals surface area (Å²) >= 11 is 0. The van der Waals surface area contributed by atoms with Crippen molar-refractivity contribution < 1.29 is 11.0 Å². The monoisotopic (exact) mass is 160 g/mol. The fourth-order valence-electron chi connectivity index (χ4n) is 0. The molecule has 0 unspecified atom stereocenters. The normalized spacial score (nSPS) is 0. The van der Waals surface area contributed by atoms with E-state index in [1.54, 1.807) is 0 Å². The van der Waals surface area contributed by atoms with Crippen LogP contribution in [0.3, 0.4) is 0 Å². The summed E-state index contributed by atoms with van der Waals surface area (Å²) in [5, 5.41) is 0. The number of hydrogen-bond acceptors (Lipinski definition) is 0. The van der Waals surface area contributed by atoms with Gasteiger partial charge in [-0.3, -0.25) is 0 Å². The Labute approximate surface area is 53.7 Å². The van der Waals surface area contributed by atoms with Crippen molar-refractivity contribution in [1.82, 2.24) is 0 Å². The van der Waals surface area contributed by atoms with E-state index >= 15 is 0 Å². The summed E-state index contributed by atoms with van der Waals surface area (Å²) in [5.74, 6) is 0. The molecule has 0 saturated heterocycles. The first-order chi connectivity index (χ1) is 0. The molecule has 0 aliphatic heterocycles. The van der Waals surface area contributed by atoms with Crippen molar-refractivity contribution in [2.75, 3.05) is 0 Å². The van der Waals surface area contributed by atoms with Gasteiger partial charge >= 0.3 is 42.8 Å². The summed E-state index contributed by atoms with van der Waals surface area (Å²) in [4.78, 5) is 0. The molecule has 0 atom stereocenters. The molecule has 0 amide bonds. The van der Waals surface area contributed by atoms with Crippen LogP contribution in [-0.4, -0.2) is 42.8 Å². The van der Waals surface area contributed by atoms with Crippen LogP contribution in [0, 0.1) is 0 Å². The molecule has 2 nitrogen and oxygen atoms in total. The smallest absolute Gasteiger partial charge is 2.00 e. The zero-order valence-electron chi connectivity index (χ0n) is 1.32. The second kappa shape index (κ2) is 27.4. The maximum atomic E-state index is 0. The Hall–Kier alpha value is 1.32. The van der Waals surface area contributed by atoms with E-state index in [1.165, 1.54) is 0 Å². The summed E-state index contributed by atoms with van der Waals surface area (Å²) in [6.07, 6.45) is 0. The zero-order chi connectivity index (χ0) is 0. The predicted octanol–water partition coefficient (Wildman–Crippen LogP) is -1.27. The van der Waals surface area contributed by atoms with Crippen molar-refractivity contribution in [2.45, 2.75) is 0 Å². The van der Waals surface area contributed by atoms with Gasteiger partial charge in [0.2, 0.25) is 0 Å². The molecular formula is HLiO2Sn. The van der Waals surface area contributed by atoms with E-state index in [2.05, 4.69) is 0 Å². The molecule has 0 spiro atoms.